The molecule has 3 unspecified atom stereocenters. The Kier molecular flexibility index (Phi) is 4.99. The third kappa shape index (κ3) is 3.10. The predicted molar refractivity (Wildman–Crippen MR) is 80.1 cm³/mol. The highest BCUT2D eigenvalue weighted by Gasteiger charge is 2.38. The first-order chi connectivity index (χ1) is 8.43. The molecule has 0 spiro atoms. The first-order valence-corrected chi connectivity index (χ1v) is 6.56. The Hall–Kier alpha value is -1.06. The highest BCUT2D eigenvalue weighted by atomic mass is 35.5. The van der Waals surface area contributed by atoms with Crippen molar-refractivity contribution in [2.45, 2.75) is 26.3 Å². The number of carbonyl (C=O) groups is 1. The topological polar surface area (TPSA) is 46.3 Å². The van der Waals surface area contributed by atoms with Crippen molar-refractivity contribution < 1.29 is 4.79 Å². The normalized spacial score (nSPS) is 25.6. The Morgan fingerprint density at radius 2 is 1.68 bits per heavy atom. The third-order valence-corrected chi connectivity index (χ3v) is 4.09. The monoisotopic (exact) mass is 282 g/mol. The molecule has 106 valence electrons. The Labute approximate surface area is 121 Å². The van der Waals surface area contributed by atoms with E-state index in [1.807, 2.05) is 35.2 Å². The van der Waals surface area contributed by atoms with Crippen molar-refractivity contribution in [3.05, 3.63) is 35.9 Å². The molecule has 0 aliphatic carbocycles. The van der Waals surface area contributed by atoms with Crippen LogP contribution in [0.1, 0.15) is 26.3 Å². The molecule has 0 aromatic heterocycles. The summed E-state index contributed by atoms with van der Waals surface area (Å²) in [5.41, 5.74) is 6.21. The van der Waals surface area contributed by atoms with E-state index in [0.29, 0.717) is 11.8 Å². The van der Waals surface area contributed by atoms with E-state index in [1.165, 1.54) is 0 Å². The summed E-state index contributed by atoms with van der Waals surface area (Å²) in [4.78, 5) is 14.5. The van der Waals surface area contributed by atoms with Gasteiger partial charge >= 0.3 is 0 Å². The molecule has 1 fully saturated rings. The first kappa shape index (κ1) is 16.0. The van der Waals surface area contributed by atoms with E-state index >= 15 is 0 Å². The number of carbonyl (C=O) groups excluding carboxylic acids is 1. The van der Waals surface area contributed by atoms with Gasteiger partial charge in [-0.05, 0) is 24.3 Å². The van der Waals surface area contributed by atoms with Crippen LogP contribution in [0.25, 0.3) is 0 Å². The van der Waals surface area contributed by atoms with Crippen LogP contribution in [0.4, 0.5) is 0 Å². The van der Waals surface area contributed by atoms with E-state index < -0.39 is 5.54 Å². The molecule has 0 radical (unpaired) electrons. The summed E-state index contributed by atoms with van der Waals surface area (Å²) in [6.45, 7) is 7.82. The van der Waals surface area contributed by atoms with Crippen molar-refractivity contribution in [3.63, 3.8) is 0 Å². The van der Waals surface area contributed by atoms with Gasteiger partial charge in [-0.15, -0.1) is 12.4 Å². The third-order valence-electron chi connectivity index (χ3n) is 4.09. The SMILES string of the molecule is CC1CN(C(=O)C(C)(N)c2ccccc2)CC1C.Cl. The second-order valence-electron chi connectivity index (χ2n) is 5.73. The summed E-state index contributed by atoms with van der Waals surface area (Å²) < 4.78 is 0. The van der Waals surface area contributed by atoms with E-state index in [1.54, 1.807) is 6.92 Å². The van der Waals surface area contributed by atoms with Gasteiger partial charge in [-0.2, -0.15) is 0 Å². The molecule has 0 bridgehead atoms. The standard InChI is InChI=1S/C15H22N2O.ClH/c1-11-9-17(10-12(11)2)14(18)15(3,16)13-7-5-4-6-8-13;/h4-8,11-12H,9-10,16H2,1-3H3;1H. The fourth-order valence-corrected chi connectivity index (χ4v) is 2.53. The molecule has 1 aliphatic rings. The second-order valence-corrected chi connectivity index (χ2v) is 5.73. The maximum absolute atomic E-state index is 12.6. The second kappa shape index (κ2) is 5.93. The van der Waals surface area contributed by atoms with Crippen LogP contribution < -0.4 is 5.73 Å². The smallest absolute Gasteiger partial charge is 0.246 e. The van der Waals surface area contributed by atoms with Crippen molar-refractivity contribution in [1.29, 1.82) is 0 Å². The molecule has 1 amide bonds. The number of hydrogen-bond donors (Lipinski definition) is 1. The predicted octanol–water partition coefficient (Wildman–Crippen LogP) is 2.40. The summed E-state index contributed by atoms with van der Waals surface area (Å²) in [6, 6.07) is 9.61. The molecular formula is C15H23ClN2O. The number of rotatable bonds is 2. The zero-order valence-corrected chi connectivity index (χ0v) is 12.6. The van der Waals surface area contributed by atoms with Gasteiger partial charge in [0.05, 0.1) is 0 Å². The fraction of sp³-hybridized carbons (Fsp3) is 0.533. The van der Waals surface area contributed by atoms with Crippen LogP contribution in [0.5, 0.6) is 0 Å². The van der Waals surface area contributed by atoms with Gasteiger partial charge in [0.15, 0.2) is 0 Å². The number of likely N-dealkylation sites (tertiary alicyclic amines) is 1. The number of amides is 1. The summed E-state index contributed by atoms with van der Waals surface area (Å²) in [5.74, 6) is 1.14. The van der Waals surface area contributed by atoms with Crippen molar-refractivity contribution in [2.75, 3.05) is 13.1 Å². The highest BCUT2D eigenvalue weighted by molar-refractivity contribution is 5.87. The van der Waals surface area contributed by atoms with Crippen LogP contribution in [-0.2, 0) is 10.3 Å². The van der Waals surface area contributed by atoms with Gasteiger partial charge in [-0.3, -0.25) is 4.79 Å². The summed E-state index contributed by atoms with van der Waals surface area (Å²) in [5, 5.41) is 0. The average molecular weight is 283 g/mol. The molecule has 3 atom stereocenters. The quantitative estimate of drug-likeness (QED) is 0.905. The minimum atomic E-state index is -0.926. The molecule has 19 heavy (non-hydrogen) atoms. The Morgan fingerprint density at radius 3 is 2.16 bits per heavy atom. The van der Waals surface area contributed by atoms with E-state index in [0.717, 1.165) is 18.7 Å². The van der Waals surface area contributed by atoms with Crippen LogP contribution in [0, 0.1) is 11.8 Å². The van der Waals surface area contributed by atoms with Gasteiger partial charge in [0.25, 0.3) is 0 Å². The molecule has 1 heterocycles. The van der Waals surface area contributed by atoms with Gasteiger partial charge in [-0.25, -0.2) is 0 Å². The lowest BCUT2D eigenvalue weighted by Gasteiger charge is -2.29. The first-order valence-electron chi connectivity index (χ1n) is 6.56. The van der Waals surface area contributed by atoms with Gasteiger partial charge in [-0.1, -0.05) is 44.2 Å². The van der Waals surface area contributed by atoms with Crippen molar-refractivity contribution in [1.82, 2.24) is 4.90 Å². The van der Waals surface area contributed by atoms with E-state index in [2.05, 4.69) is 13.8 Å². The lowest BCUT2D eigenvalue weighted by Crippen LogP contribution is -2.50. The van der Waals surface area contributed by atoms with Gasteiger partial charge in [0.1, 0.15) is 5.54 Å². The van der Waals surface area contributed by atoms with Gasteiger partial charge in [0, 0.05) is 13.1 Å². The number of benzene rings is 1. The van der Waals surface area contributed by atoms with Crippen molar-refractivity contribution in [2.24, 2.45) is 17.6 Å². The maximum Gasteiger partial charge on any atom is 0.246 e. The van der Waals surface area contributed by atoms with E-state index in [4.69, 9.17) is 5.73 Å². The van der Waals surface area contributed by atoms with Crippen LogP contribution in [0.2, 0.25) is 0 Å². The summed E-state index contributed by atoms with van der Waals surface area (Å²) in [6.07, 6.45) is 0. The minimum Gasteiger partial charge on any atom is -0.340 e. The van der Waals surface area contributed by atoms with Crippen LogP contribution in [0.3, 0.4) is 0 Å². The molecule has 1 saturated heterocycles. The van der Waals surface area contributed by atoms with Crippen LogP contribution >= 0.6 is 12.4 Å². The summed E-state index contributed by atoms with van der Waals surface area (Å²) >= 11 is 0. The van der Waals surface area contributed by atoms with Crippen molar-refractivity contribution >= 4 is 18.3 Å². The molecule has 2 rings (SSSR count). The number of nitrogens with zero attached hydrogens (tertiary/aromatic N) is 1. The molecule has 4 heteroatoms. The zero-order chi connectivity index (χ0) is 13.3. The highest BCUT2D eigenvalue weighted by Crippen LogP contribution is 2.27. The Bertz CT molecular complexity index is 423. The van der Waals surface area contributed by atoms with Gasteiger partial charge < -0.3 is 10.6 Å². The molecule has 1 aromatic carbocycles. The maximum atomic E-state index is 12.6. The summed E-state index contributed by atoms with van der Waals surface area (Å²) in [7, 11) is 0. The molecule has 1 aliphatic heterocycles. The zero-order valence-electron chi connectivity index (χ0n) is 11.8. The van der Waals surface area contributed by atoms with Crippen molar-refractivity contribution in [3.8, 4) is 0 Å². The van der Waals surface area contributed by atoms with E-state index in [-0.39, 0.29) is 18.3 Å². The fourth-order valence-electron chi connectivity index (χ4n) is 2.53. The van der Waals surface area contributed by atoms with Crippen LogP contribution in [0.15, 0.2) is 30.3 Å². The van der Waals surface area contributed by atoms with E-state index in [9.17, 15) is 4.79 Å². The largest absolute Gasteiger partial charge is 0.340 e. The molecule has 2 N–H and O–H groups in total. The van der Waals surface area contributed by atoms with Crippen LogP contribution in [-0.4, -0.2) is 23.9 Å². The number of nitrogens with two attached hydrogens (primary N) is 1. The van der Waals surface area contributed by atoms with Gasteiger partial charge in [0.2, 0.25) is 5.91 Å². The Balaban J connectivity index is 0.00000180. The molecule has 0 saturated carbocycles. The lowest BCUT2D eigenvalue weighted by atomic mass is 9.92. The number of hydrogen-bond acceptors (Lipinski definition) is 2. The average Bonchev–Trinajstić information content (AvgIpc) is 2.69. The number of halogens is 1. The Morgan fingerprint density at radius 1 is 1.21 bits per heavy atom. The molecule has 3 nitrogen and oxygen atoms in total. The minimum absolute atomic E-state index is 0. The lowest BCUT2D eigenvalue weighted by molar-refractivity contribution is -0.135. The molecule has 1 aromatic rings. The molecular weight excluding hydrogens is 260 g/mol.